The molecule has 0 radical (unpaired) electrons. The first kappa shape index (κ1) is 17.0. The zero-order valence-corrected chi connectivity index (χ0v) is 13.3. The van der Waals surface area contributed by atoms with E-state index >= 15 is 0 Å². The van der Waals surface area contributed by atoms with Crippen LogP contribution < -0.4 is 0 Å². The fourth-order valence-corrected chi connectivity index (χ4v) is 1.63. The first-order chi connectivity index (χ1) is 10.0. The van der Waals surface area contributed by atoms with Crippen LogP contribution in [-0.2, 0) is 0 Å². The van der Waals surface area contributed by atoms with Gasteiger partial charge in [0.1, 0.15) is 5.56 Å². The molecule has 6 heteroatoms. The Kier molecular flexibility index (Phi) is 6.72. The van der Waals surface area contributed by atoms with Gasteiger partial charge in [0.2, 0.25) is 5.82 Å². The summed E-state index contributed by atoms with van der Waals surface area (Å²) in [5.41, 5.74) is -0.747. The molecule has 0 aliphatic rings. The maximum atomic E-state index is 13.4. The first-order valence-corrected chi connectivity index (χ1v) is 9.38. The number of halogens is 1. The van der Waals surface area contributed by atoms with Crippen molar-refractivity contribution in [1.29, 1.82) is 0 Å². The number of nitro benzene ring substituents is 1. The van der Waals surface area contributed by atoms with Gasteiger partial charge in [-0.2, -0.15) is 4.39 Å². The van der Waals surface area contributed by atoms with Crippen molar-refractivity contribution in [2.45, 2.75) is 11.6 Å². The van der Waals surface area contributed by atoms with Crippen LogP contribution in [0.4, 0.5) is 10.1 Å². The molecule has 0 spiro atoms. The number of para-hydroxylation sites is 1. The molecule has 0 amide bonds. The van der Waals surface area contributed by atoms with E-state index in [2.05, 4.69) is 11.6 Å². The van der Waals surface area contributed by atoms with Crippen LogP contribution >= 0.6 is 0 Å². The van der Waals surface area contributed by atoms with E-state index in [0.29, 0.717) is 0 Å². The minimum atomic E-state index is -1.01. The largest absolute Gasteiger partial charge is 0.315 e. The van der Waals surface area contributed by atoms with Crippen molar-refractivity contribution in [2.75, 3.05) is 0 Å². The topological polar surface area (TPSA) is 60.2 Å². The summed E-state index contributed by atoms with van der Waals surface area (Å²) < 4.78 is 13.4. The Labute approximate surface area is 128 Å². The molecule has 0 unspecified atom stereocenters. The summed E-state index contributed by atoms with van der Waals surface area (Å²) in [6, 6.07) is 11.5. The normalized spacial score (nSPS) is 9.48. The first-order valence-electron chi connectivity index (χ1n) is 5.95. The standard InChI is InChI=1S/C13H8FNO3.C2H6Se/c14-11-8-4-7-10(12(11)15(17)18)13(16)9-5-2-1-3-6-9;1-3-2/h1-8H;1-2H3. The predicted molar refractivity (Wildman–Crippen MR) is 80.4 cm³/mol. The molecule has 0 aliphatic carbocycles. The Morgan fingerprint density at radius 2 is 1.67 bits per heavy atom. The third-order valence-electron chi connectivity index (χ3n) is 2.45. The van der Waals surface area contributed by atoms with Crippen LogP contribution in [0.15, 0.2) is 48.5 Å². The van der Waals surface area contributed by atoms with E-state index in [9.17, 15) is 19.3 Å². The van der Waals surface area contributed by atoms with Crippen molar-refractivity contribution in [3.63, 3.8) is 0 Å². The second-order valence-electron chi connectivity index (χ2n) is 4.00. The van der Waals surface area contributed by atoms with Gasteiger partial charge in [0, 0.05) is 5.56 Å². The van der Waals surface area contributed by atoms with E-state index in [-0.39, 0.29) is 11.1 Å². The van der Waals surface area contributed by atoms with E-state index in [1.807, 2.05) is 0 Å². The number of hydrogen-bond donors (Lipinski definition) is 0. The summed E-state index contributed by atoms with van der Waals surface area (Å²) >= 11 is 0.875. The van der Waals surface area contributed by atoms with Crippen molar-refractivity contribution < 1.29 is 14.1 Å². The molecule has 2 rings (SSSR count). The number of carbonyl (C=O) groups excluding carboxylic acids is 1. The maximum absolute atomic E-state index is 13.4. The second-order valence-corrected chi connectivity index (χ2v) is 5.71. The smallest absolute Gasteiger partial charge is 0.288 e. The van der Waals surface area contributed by atoms with Gasteiger partial charge in [-0.15, -0.1) is 0 Å². The molecule has 110 valence electrons. The molecule has 4 nitrogen and oxygen atoms in total. The zero-order valence-electron chi connectivity index (χ0n) is 11.6. The Morgan fingerprint density at radius 1 is 1.10 bits per heavy atom. The summed E-state index contributed by atoms with van der Waals surface area (Å²) in [6.45, 7) is 0. The molecule has 0 fully saturated rings. The Hall–Kier alpha value is -2.04. The van der Waals surface area contributed by atoms with Crippen LogP contribution in [0.25, 0.3) is 0 Å². The summed E-state index contributed by atoms with van der Waals surface area (Å²) in [4.78, 5) is 22.0. The number of rotatable bonds is 3. The molecule has 0 aliphatic heterocycles. The van der Waals surface area contributed by atoms with Crippen LogP contribution in [0.1, 0.15) is 15.9 Å². The zero-order chi connectivity index (χ0) is 15.8. The molecule has 0 heterocycles. The van der Waals surface area contributed by atoms with Gasteiger partial charge in [0.15, 0.2) is 5.78 Å². The summed E-state index contributed by atoms with van der Waals surface area (Å²) in [5.74, 6) is 2.79. The number of nitro groups is 1. The molecule has 0 N–H and O–H groups in total. The molecular weight excluding hydrogens is 340 g/mol. The van der Waals surface area contributed by atoms with Gasteiger partial charge in [-0.1, -0.05) is 36.4 Å². The van der Waals surface area contributed by atoms with Crippen LogP contribution in [-0.4, -0.2) is 25.7 Å². The number of benzene rings is 2. The summed E-state index contributed by atoms with van der Waals surface area (Å²) in [7, 11) is 0. The van der Waals surface area contributed by atoms with E-state index in [0.717, 1.165) is 21.0 Å². The Balaban J connectivity index is 0.000000677. The van der Waals surface area contributed by atoms with E-state index in [4.69, 9.17) is 0 Å². The number of nitrogens with zero attached hydrogens (tertiary/aromatic N) is 1. The van der Waals surface area contributed by atoms with E-state index < -0.39 is 22.2 Å². The molecule has 21 heavy (non-hydrogen) atoms. The third-order valence-corrected chi connectivity index (χ3v) is 2.45. The maximum Gasteiger partial charge on any atom is 0.315 e. The number of ketones is 1. The van der Waals surface area contributed by atoms with Gasteiger partial charge in [-0.25, -0.2) is 0 Å². The molecule has 0 atom stereocenters. The average Bonchev–Trinajstić information content (AvgIpc) is 2.47. The number of hydrogen-bond acceptors (Lipinski definition) is 3. The van der Waals surface area contributed by atoms with Gasteiger partial charge < -0.3 is 0 Å². The van der Waals surface area contributed by atoms with E-state index in [1.54, 1.807) is 18.2 Å². The number of carbonyl (C=O) groups is 1. The Bertz CT molecular complexity index is 632. The van der Waals surface area contributed by atoms with Gasteiger partial charge in [0.25, 0.3) is 0 Å². The van der Waals surface area contributed by atoms with Crippen molar-refractivity contribution in [3.8, 4) is 0 Å². The van der Waals surface area contributed by atoms with Gasteiger partial charge >= 0.3 is 32.3 Å². The molecule has 2 aromatic rings. The summed E-state index contributed by atoms with van der Waals surface area (Å²) in [5, 5.41) is 10.8. The molecule has 2 aromatic carbocycles. The van der Waals surface area contributed by atoms with Crippen molar-refractivity contribution in [1.82, 2.24) is 0 Å². The second kappa shape index (κ2) is 8.29. The van der Waals surface area contributed by atoms with E-state index in [1.165, 1.54) is 24.3 Å². The fraction of sp³-hybridized carbons (Fsp3) is 0.133. The average molecular weight is 354 g/mol. The summed E-state index contributed by atoms with van der Waals surface area (Å²) in [6.07, 6.45) is 0. The fourth-order valence-electron chi connectivity index (χ4n) is 1.63. The van der Waals surface area contributed by atoms with Crippen LogP contribution in [0, 0.1) is 15.9 Å². The predicted octanol–water partition coefficient (Wildman–Crippen LogP) is 3.75. The monoisotopic (exact) mass is 355 g/mol. The van der Waals surface area contributed by atoms with Crippen molar-refractivity contribution >= 4 is 26.4 Å². The molecule has 0 saturated heterocycles. The van der Waals surface area contributed by atoms with Crippen molar-refractivity contribution in [2.24, 2.45) is 0 Å². The molecule has 0 bridgehead atoms. The van der Waals surface area contributed by atoms with Crippen LogP contribution in [0.2, 0.25) is 11.6 Å². The van der Waals surface area contributed by atoms with Crippen molar-refractivity contribution in [3.05, 3.63) is 75.6 Å². The SMILES string of the molecule is C[Se]C.O=C(c1ccccc1)c1cccc(F)c1[N+](=O)[O-]. The van der Waals surface area contributed by atoms with Crippen LogP contribution in [0.5, 0.6) is 0 Å². The minimum absolute atomic E-state index is 0.244. The minimum Gasteiger partial charge on any atom is -0.288 e. The molecule has 0 saturated carbocycles. The van der Waals surface area contributed by atoms with Gasteiger partial charge in [0.05, 0.1) is 4.92 Å². The Morgan fingerprint density at radius 3 is 2.19 bits per heavy atom. The quantitative estimate of drug-likeness (QED) is 0.365. The van der Waals surface area contributed by atoms with Gasteiger partial charge in [-0.3, -0.25) is 14.9 Å². The molecule has 0 aromatic heterocycles. The van der Waals surface area contributed by atoms with Crippen LogP contribution in [0.3, 0.4) is 0 Å². The third kappa shape index (κ3) is 4.48. The molecular formula is C15H14FNO3Se. The van der Waals surface area contributed by atoms with Gasteiger partial charge in [-0.05, 0) is 12.1 Å².